The molecular formula is C12H17N3O. The molecule has 1 aromatic carbocycles. The molecular weight excluding hydrogens is 202 g/mol. The maximum atomic E-state index is 11.2. The number of nitrogens with one attached hydrogen (secondary N) is 2. The van der Waals surface area contributed by atoms with Crippen molar-refractivity contribution >= 4 is 11.6 Å². The number of amides is 1. The molecule has 0 spiro atoms. The van der Waals surface area contributed by atoms with Crippen molar-refractivity contribution in [3.8, 4) is 0 Å². The van der Waals surface area contributed by atoms with Crippen LogP contribution in [0.1, 0.15) is 24.1 Å². The third-order valence-corrected chi connectivity index (χ3v) is 2.95. The minimum absolute atomic E-state index is 0.0353. The summed E-state index contributed by atoms with van der Waals surface area (Å²) in [5, 5.41) is 6.01. The molecule has 0 saturated carbocycles. The lowest BCUT2D eigenvalue weighted by Gasteiger charge is -2.21. The number of hydrogen-bond acceptors (Lipinski definition) is 3. The van der Waals surface area contributed by atoms with E-state index in [0.29, 0.717) is 6.42 Å². The molecule has 2 unspecified atom stereocenters. The predicted octanol–water partition coefficient (Wildman–Crippen LogP) is 0.789. The fourth-order valence-corrected chi connectivity index (χ4v) is 2.18. The van der Waals surface area contributed by atoms with E-state index in [9.17, 15) is 4.79 Å². The minimum atomic E-state index is 0.0353. The van der Waals surface area contributed by atoms with Gasteiger partial charge in [0, 0.05) is 17.8 Å². The maximum absolute atomic E-state index is 11.2. The summed E-state index contributed by atoms with van der Waals surface area (Å²) in [4.78, 5) is 11.2. The molecule has 0 fully saturated rings. The Labute approximate surface area is 95.2 Å². The van der Waals surface area contributed by atoms with E-state index in [0.717, 1.165) is 16.8 Å². The Kier molecular flexibility index (Phi) is 2.94. The lowest BCUT2D eigenvalue weighted by molar-refractivity contribution is -0.115. The van der Waals surface area contributed by atoms with Gasteiger partial charge in [0.1, 0.15) is 0 Å². The summed E-state index contributed by atoms with van der Waals surface area (Å²) in [6, 6.07) is 6.17. The van der Waals surface area contributed by atoms with Crippen molar-refractivity contribution < 1.29 is 4.79 Å². The van der Waals surface area contributed by atoms with Crippen molar-refractivity contribution in [2.24, 2.45) is 5.73 Å². The lowest BCUT2D eigenvalue weighted by atomic mass is 9.98. The van der Waals surface area contributed by atoms with Crippen LogP contribution in [0.25, 0.3) is 0 Å². The first kappa shape index (κ1) is 11.1. The van der Waals surface area contributed by atoms with Gasteiger partial charge in [0.05, 0.1) is 6.42 Å². The van der Waals surface area contributed by atoms with E-state index in [2.05, 4.69) is 16.7 Å². The van der Waals surface area contributed by atoms with Crippen LogP contribution in [-0.2, 0) is 11.2 Å². The van der Waals surface area contributed by atoms with E-state index < -0.39 is 0 Å². The number of likely N-dealkylation sites (N-methyl/N-ethyl adjacent to an activating group) is 1. The molecule has 86 valence electrons. The second-order valence-electron chi connectivity index (χ2n) is 4.27. The van der Waals surface area contributed by atoms with Gasteiger partial charge in [-0.3, -0.25) is 4.79 Å². The van der Waals surface area contributed by atoms with E-state index in [-0.39, 0.29) is 18.0 Å². The molecule has 0 aliphatic carbocycles. The number of nitrogens with two attached hydrogens (primary N) is 1. The molecule has 1 aromatic rings. The first-order valence-electron chi connectivity index (χ1n) is 5.47. The van der Waals surface area contributed by atoms with Crippen LogP contribution in [0.4, 0.5) is 5.69 Å². The van der Waals surface area contributed by atoms with Gasteiger partial charge in [-0.2, -0.15) is 0 Å². The Morgan fingerprint density at radius 3 is 2.88 bits per heavy atom. The second kappa shape index (κ2) is 4.23. The molecule has 2 atom stereocenters. The predicted molar refractivity (Wildman–Crippen MR) is 64.2 cm³/mol. The SMILES string of the molecule is CNC(c1ccc2c(c1)CC(=O)N2)C(C)N. The normalized spacial score (nSPS) is 17.8. The van der Waals surface area contributed by atoms with E-state index in [1.165, 1.54) is 0 Å². The molecule has 4 nitrogen and oxygen atoms in total. The minimum Gasteiger partial charge on any atom is -0.326 e. The van der Waals surface area contributed by atoms with Gasteiger partial charge in [-0.05, 0) is 31.2 Å². The molecule has 0 saturated heterocycles. The first-order chi connectivity index (χ1) is 7.61. The lowest BCUT2D eigenvalue weighted by Crippen LogP contribution is -2.33. The summed E-state index contributed by atoms with van der Waals surface area (Å²) < 4.78 is 0. The largest absolute Gasteiger partial charge is 0.326 e. The van der Waals surface area contributed by atoms with E-state index >= 15 is 0 Å². The molecule has 0 bridgehead atoms. The van der Waals surface area contributed by atoms with Gasteiger partial charge in [0.15, 0.2) is 0 Å². The summed E-state index contributed by atoms with van der Waals surface area (Å²) in [5.74, 6) is 0.0638. The summed E-state index contributed by atoms with van der Waals surface area (Å²) in [6.45, 7) is 1.97. The zero-order valence-corrected chi connectivity index (χ0v) is 9.58. The van der Waals surface area contributed by atoms with Crippen LogP contribution in [-0.4, -0.2) is 19.0 Å². The molecule has 0 radical (unpaired) electrons. The van der Waals surface area contributed by atoms with Crippen LogP contribution in [0.3, 0.4) is 0 Å². The molecule has 1 aliphatic heterocycles. The monoisotopic (exact) mass is 219 g/mol. The molecule has 0 aromatic heterocycles. The highest BCUT2D eigenvalue weighted by Gasteiger charge is 2.20. The average molecular weight is 219 g/mol. The number of benzene rings is 1. The first-order valence-corrected chi connectivity index (χ1v) is 5.47. The van der Waals surface area contributed by atoms with Gasteiger partial charge in [0.2, 0.25) is 5.91 Å². The number of hydrogen-bond donors (Lipinski definition) is 3. The van der Waals surface area contributed by atoms with Gasteiger partial charge in [-0.1, -0.05) is 12.1 Å². The standard InChI is InChI=1S/C12H17N3O/c1-7(13)12(14-2)8-3-4-10-9(5-8)6-11(16)15-10/h3-5,7,12,14H,6,13H2,1-2H3,(H,15,16). The Morgan fingerprint density at radius 2 is 2.25 bits per heavy atom. The Morgan fingerprint density at radius 1 is 1.50 bits per heavy atom. The van der Waals surface area contributed by atoms with Crippen LogP contribution in [0.5, 0.6) is 0 Å². The number of fused-ring (bicyclic) bond motifs is 1. The van der Waals surface area contributed by atoms with Gasteiger partial charge >= 0.3 is 0 Å². The van der Waals surface area contributed by atoms with Crippen molar-refractivity contribution in [1.82, 2.24) is 5.32 Å². The zero-order valence-electron chi connectivity index (χ0n) is 9.58. The van der Waals surface area contributed by atoms with Crippen LogP contribution < -0.4 is 16.4 Å². The van der Waals surface area contributed by atoms with Gasteiger partial charge in [-0.15, -0.1) is 0 Å². The number of carbonyl (C=O) groups is 1. The molecule has 1 aliphatic rings. The Balaban J connectivity index is 2.31. The smallest absolute Gasteiger partial charge is 0.228 e. The van der Waals surface area contributed by atoms with E-state index in [1.807, 2.05) is 26.1 Å². The van der Waals surface area contributed by atoms with Crippen molar-refractivity contribution in [2.75, 3.05) is 12.4 Å². The second-order valence-corrected chi connectivity index (χ2v) is 4.27. The quantitative estimate of drug-likeness (QED) is 0.704. The Bertz CT molecular complexity index is 415. The highest BCUT2D eigenvalue weighted by atomic mass is 16.1. The average Bonchev–Trinajstić information content (AvgIpc) is 2.57. The van der Waals surface area contributed by atoms with Crippen LogP contribution >= 0.6 is 0 Å². The summed E-state index contributed by atoms with van der Waals surface area (Å²) in [5.41, 5.74) is 9.02. The summed E-state index contributed by atoms with van der Waals surface area (Å²) >= 11 is 0. The summed E-state index contributed by atoms with van der Waals surface area (Å²) in [6.07, 6.45) is 0.471. The molecule has 4 N–H and O–H groups in total. The third-order valence-electron chi connectivity index (χ3n) is 2.95. The molecule has 4 heteroatoms. The molecule has 16 heavy (non-hydrogen) atoms. The fraction of sp³-hybridized carbons (Fsp3) is 0.417. The van der Waals surface area contributed by atoms with E-state index in [1.54, 1.807) is 0 Å². The van der Waals surface area contributed by atoms with Crippen LogP contribution in [0.15, 0.2) is 18.2 Å². The highest BCUT2D eigenvalue weighted by Crippen LogP contribution is 2.27. The molecule has 1 amide bonds. The van der Waals surface area contributed by atoms with Crippen molar-refractivity contribution in [1.29, 1.82) is 0 Å². The van der Waals surface area contributed by atoms with Crippen molar-refractivity contribution in [2.45, 2.75) is 25.4 Å². The third kappa shape index (κ3) is 1.94. The summed E-state index contributed by atoms with van der Waals surface area (Å²) in [7, 11) is 1.89. The van der Waals surface area contributed by atoms with Gasteiger partial charge < -0.3 is 16.4 Å². The maximum Gasteiger partial charge on any atom is 0.228 e. The zero-order chi connectivity index (χ0) is 11.7. The van der Waals surface area contributed by atoms with Crippen LogP contribution in [0, 0.1) is 0 Å². The number of carbonyl (C=O) groups excluding carboxylic acids is 1. The van der Waals surface area contributed by atoms with Gasteiger partial charge in [-0.25, -0.2) is 0 Å². The molecule has 1 heterocycles. The van der Waals surface area contributed by atoms with Crippen LogP contribution in [0.2, 0.25) is 0 Å². The number of anilines is 1. The topological polar surface area (TPSA) is 67.2 Å². The van der Waals surface area contributed by atoms with Crippen molar-refractivity contribution in [3.63, 3.8) is 0 Å². The van der Waals surface area contributed by atoms with Gasteiger partial charge in [0.25, 0.3) is 0 Å². The Hall–Kier alpha value is -1.39. The van der Waals surface area contributed by atoms with Crippen molar-refractivity contribution in [3.05, 3.63) is 29.3 Å². The van der Waals surface area contributed by atoms with E-state index in [4.69, 9.17) is 5.73 Å². The highest BCUT2D eigenvalue weighted by molar-refractivity contribution is 5.99. The molecule has 2 rings (SSSR count). The number of rotatable bonds is 3. The fourth-order valence-electron chi connectivity index (χ4n) is 2.18.